The van der Waals surface area contributed by atoms with Gasteiger partial charge in [-0.15, -0.1) is 10.2 Å². The van der Waals surface area contributed by atoms with E-state index in [4.69, 9.17) is 0 Å². The van der Waals surface area contributed by atoms with Crippen molar-refractivity contribution < 1.29 is 31.1 Å². The Bertz CT molecular complexity index is 1580. The summed E-state index contributed by atoms with van der Waals surface area (Å²) in [5.74, 6) is -8.70. The van der Waals surface area contributed by atoms with E-state index in [1.807, 2.05) is 0 Å². The average molecular weight is 522 g/mol. The molecule has 8 nitrogen and oxygen atoms in total. The largest absolute Gasteiger partial charge is 0.461 e. The van der Waals surface area contributed by atoms with Gasteiger partial charge in [0, 0.05) is 18.5 Å². The normalized spacial score (nSPS) is 14.2. The average Bonchev–Trinajstić information content (AvgIpc) is 3.30. The first-order chi connectivity index (χ1) is 17.5. The fraction of sp³-hybridized carbons (Fsp3) is 0.261. The van der Waals surface area contributed by atoms with E-state index in [1.54, 1.807) is 24.3 Å². The summed E-state index contributed by atoms with van der Waals surface area (Å²) >= 11 is 0. The van der Waals surface area contributed by atoms with Crippen LogP contribution >= 0.6 is 0 Å². The molecule has 0 fully saturated rings. The molecule has 0 aliphatic carbocycles. The van der Waals surface area contributed by atoms with Gasteiger partial charge >= 0.3 is 12.1 Å². The standard InChI is InChI=1S/C23H16F6N6O2/c24-16-6-5-13(11-35-17-4-2-1-3-14(17)18(36)10-30-35)9-15(16)20(37)33-7-8-34-19(12-33)31-32-21(34)22(25,26)23(27,28)29/h1-6,9-10H,7-8,11-12H2. The summed E-state index contributed by atoms with van der Waals surface area (Å²) in [6.45, 7) is -1.02. The summed E-state index contributed by atoms with van der Waals surface area (Å²) in [4.78, 5) is 26.2. The van der Waals surface area contributed by atoms with Gasteiger partial charge in [-0.25, -0.2) is 4.39 Å². The highest BCUT2D eigenvalue weighted by molar-refractivity contribution is 5.94. The van der Waals surface area contributed by atoms with Crippen LogP contribution in [0, 0.1) is 5.82 Å². The van der Waals surface area contributed by atoms with E-state index >= 15 is 0 Å². The van der Waals surface area contributed by atoms with Crippen molar-refractivity contribution in [3.63, 3.8) is 0 Å². The summed E-state index contributed by atoms with van der Waals surface area (Å²) in [5, 5.41) is 11.0. The number of carbonyl (C=O) groups is 1. The first-order valence-electron chi connectivity index (χ1n) is 10.9. The number of amides is 1. The summed E-state index contributed by atoms with van der Waals surface area (Å²) in [5.41, 5.74) is 0.431. The Morgan fingerprint density at radius 1 is 1.00 bits per heavy atom. The number of carbonyl (C=O) groups excluding carboxylic acids is 1. The number of fused-ring (bicyclic) bond motifs is 2. The number of halogens is 6. The molecule has 2 aromatic carbocycles. The second-order valence-electron chi connectivity index (χ2n) is 8.39. The predicted octanol–water partition coefficient (Wildman–Crippen LogP) is 3.49. The Morgan fingerprint density at radius 3 is 2.51 bits per heavy atom. The zero-order valence-corrected chi connectivity index (χ0v) is 18.7. The lowest BCUT2D eigenvalue weighted by atomic mass is 10.1. The van der Waals surface area contributed by atoms with E-state index < -0.39 is 42.7 Å². The van der Waals surface area contributed by atoms with Crippen LogP contribution in [0.5, 0.6) is 0 Å². The van der Waals surface area contributed by atoms with E-state index in [2.05, 4.69) is 15.3 Å². The molecule has 192 valence electrons. The highest BCUT2D eigenvalue weighted by atomic mass is 19.4. The SMILES string of the molecule is O=C(c1cc(Cn2ncc(=O)c3ccccc32)ccc1F)N1CCn2c(nnc2C(F)(F)C(F)(F)F)C1. The Hall–Kier alpha value is -4.23. The van der Waals surface area contributed by atoms with Gasteiger partial charge in [-0.1, -0.05) is 18.2 Å². The Morgan fingerprint density at radius 2 is 1.76 bits per heavy atom. The van der Waals surface area contributed by atoms with Gasteiger partial charge in [0.1, 0.15) is 5.82 Å². The fourth-order valence-corrected chi connectivity index (χ4v) is 4.16. The van der Waals surface area contributed by atoms with Gasteiger partial charge in [0.15, 0.2) is 5.82 Å². The molecule has 0 saturated heterocycles. The lowest BCUT2D eigenvalue weighted by Crippen LogP contribution is -2.42. The van der Waals surface area contributed by atoms with Crippen molar-refractivity contribution in [3.8, 4) is 0 Å². The molecule has 0 N–H and O–H groups in total. The molecule has 2 aromatic heterocycles. The minimum atomic E-state index is -5.86. The molecule has 0 saturated carbocycles. The number of rotatable bonds is 4. The maximum atomic E-state index is 14.6. The van der Waals surface area contributed by atoms with E-state index in [1.165, 1.54) is 16.8 Å². The third kappa shape index (κ3) is 4.21. The molecule has 1 aliphatic heterocycles. The van der Waals surface area contributed by atoms with Crippen LogP contribution < -0.4 is 5.43 Å². The lowest BCUT2D eigenvalue weighted by molar-refractivity contribution is -0.293. The van der Waals surface area contributed by atoms with Gasteiger partial charge in [0.25, 0.3) is 5.91 Å². The van der Waals surface area contributed by atoms with Crippen molar-refractivity contribution in [3.05, 3.63) is 87.5 Å². The molecule has 0 spiro atoms. The highest BCUT2D eigenvalue weighted by Crippen LogP contribution is 2.43. The van der Waals surface area contributed by atoms with E-state index in [0.29, 0.717) is 21.0 Å². The molecular weight excluding hydrogens is 506 g/mol. The molecule has 1 amide bonds. The van der Waals surface area contributed by atoms with Crippen LogP contribution in [0.4, 0.5) is 26.3 Å². The number of alkyl halides is 5. The van der Waals surface area contributed by atoms with Crippen LogP contribution in [0.15, 0.2) is 53.5 Å². The topological polar surface area (TPSA) is 85.9 Å². The van der Waals surface area contributed by atoms with E-state index in [-0.39, 0.29) is 29.9 Å². The van der Waals surface area contributed by atoms with Gasteiger partial charge in [-0.05, 0) is 29.8 Å². The molecular formula is C23H16F6N6O2. The number of nitrogens with zero attached hydrogens (tertiary/aromatic N) is 6. The smallest absolute Gasteiger partial charge is 0.329 e. The van der Waals surface area contributed by atoms with Crippen molar-refractivity contribution >= 4 is 16.8 Å². The van der Waals surface area contributed by atoms with Gasteiger partial charge in [-0.2, -0.15) is 27.1 Å². The van der Waals surface area contributed by atoms with E-state index in [0.717, 1.165) is 17.2 Å². The van der Waals surface area contributed by atoms with Crippen molar-refractivity contribution in [1.82, 2.24) is 29.4 Å². The molecule has 3 heterocycles. The maximum absolute atomic E-state index is 14.6. The first-order valence-corrected chi connectivity index (χ1v) is 10.9. The second-order valence-corrected chi connectivity index (χ2v) is 8.39. The van der Waals surface area contributed by atoms with Gasteiger partial charge < -0.3 is 9.47 Å². The zero-order chi connectivity index (χ0) is 26.5. The van der Waals surface area contributed by atoms with E-state index in [9.17, 15) is 35.9 Å². The molecule has 1 aliphatic rings. The number of hydrogen-bond acceptors (Lipinski definition) is 5. The minimum absolute atomic E-state index is 0.103. The Balaban J connectivity index is 1.40. The molecule has 14 heteroatoms. The van der Waals surface area contributed by atoms with Crippen molar-refractivity contribution in [2.75, 3.05) is 6.54 Å². The summed E-state index contributed by atoms with van der Waals surface area (Å²) < 4.78 is 82.7. The molecule has 0 bridgehead atoms. The van der Waals surface area contributed by atoms with Gasteiger partial charge in [0.2, 0.25) is 11.3 Å². The Kier molecular flexibility index (Phi) is 5.76. The van der Waals surface area contributed by atoms with Crippen LogP contribution in [0.3, 0.4) is 0 Å². The number of para-hydroxylation sites is 1. The zero-order valence-electron chi connectivity index (χ0n) is 18.7. The van der Waals surface area contributed by atoms with Crippen LogP contribution in [0.1, 0.15) is 27.6 Å². The molecule has 4 aromatic rings. The fourth-order valence-electron chi connectivity index (χ4n) is 4.16. The first kappa shape index (κ1) is 24.5. The number of benzene rings is 2. The highest BCUT2D eigenvalue weighted by Gasteiger charge is 2.62. The lowest BCUT2D eigenvalue weighted by Gasteiger charge is -2.29. The Labute approximate surface area is 203 Å². The van der Waals surface area contributed by atoms with Crippen LogP contribution in [0.25, 0.3) is 10.9 Å². The van der Waals surface area contributed by atoms with Gasteiger partial charge in [-0.3, -0.25) is 14.3 Å². The third-order valence-electron chi connectivity index (χ3n) is 6.03. The minimum Gasteiger partial charge on any atom is -0.329 e. The molecule has 5 rings (SSSR count). The molecule has 37 heavy (non-hydrogen) atoms. The van der Waals surface area contributed by atoms with Crippen LogP contribution in [-0.2, 0) is 25.6 Å². The quantitative estimate of drug-likeness (QED) is 0.383. The van der Waals surface area contributed by atoms with Crippen molar-refractivity contribution in [1.29, 1.82) is 0 Å². The monoisotopic (exact) mass is 522 g/mol. The molecule has 0 unspecified atom stereocenters. The third-order valence-corrected chi connectivity index (χ3v) is 6.03. The number of aromatic nitrogens is 5. The molecule has 0 atom stereocenters. The van der Waals surface area contributed by atoms with Crippen LogP contribution in [0.2, 0.25) is 0 Å². The van der Waals surface area contributed by atoms with Crippen LogP contribution in [-0.4, -0.2) is 48.1 Å². The predicted molar refractivity (Wildman–Crippen MR) is 116 cm³/mol. The molecule has 0 radical (unpaired) electrons. The summed E-state index contributed by atoms with van der Waals surface area (Å²) in [6.07, 6.45) is -4.71. The summed E-state index contributed by atoms with van der Waals surface area (Å²) in [7, 11) is 0. The van der Waals surface area contributed by atoms with Gasteiger partial charge in [0.05, 0.1) is 30.4 Å². The summed E-state index contributed by atoms with van der Waals surface area (Å²) in [6, 6.07) is 10.6. The van der Waals surface area contributed by atoms with Crippen molar-refractivity contribution in [2.45, 2.75) is 31.7 Å². The maximum Gasteiger partial charge on any atom is 0.461 e. The van der Waals surface area contributed by atoms with Crippen molar-refractivity contribution in [2.24, 2.45) is 0 Å². The number of hydrogen-bond donors (Lipinski definition) is 0. The second kappa shape index (κ2) is 8.71.